The minimum atomic E-state index is -0.368. The number of nitrogens with zero attached hydrogens (tertiary/aromatic N) is 3. The van der Waals surface area contributed by atoms with Crippen LogP contribution in [0.1, 0.15) is 11.1 Å². The highest BCUT2D eigenvalue weighted by molar-refractivity contribution is 5.82. The lowest BCUT2D eigenvalue weighted by atomic mass is 10.1. The highest BCUT2D eigenvalue weighted by atomic mass is 16.6. The topological polar surface area (TPSA) is 77.2 Å². The summed E-state index contributed by atoms with van der Waals surface area (Å²) in [5.41, 5.74) is 2.30. The molecular formula is C18H19N3O4. The highest BCUT2D eigenvalue weighted by Crippen LogP contribution is 2.29. The number of oxime groups is 1. The maximum Gasteiger partial charge on any atom is 0.293 e. The lowest BCUT2D eigenvalue weighted by Crippen LogP contribution is -2.36. The van der Waals surface area contributed by atoms with E-state index < -0.39 is 0 Å². The van der Waals surface area contributed by atoms with E-state index in [1.54, 1.807) is 12.1 Å². The average Bonchev–Trinajstić information content (AvgIpc) is 2.66. The molecule has 0 saturated carbocycles. The monoisotopic (exact) mass is 341 g/mol. The van der Waals surface area contributed by atoms with Crippen molar-refractivity contribution in [3.05, 3.63) is 69.8 Å². The van der Waals surface area contributed by atoms with Gasteiger partial charge in [-0.15, -0.1) is 0 Å². The van der Waals surface area contributed by atoms with Gasteiger partial charge in [0.1, 0.15) is 12.3 Å². The predicted octanol–water partition coefficient (Wildman–Crippen LogP) is 2.98. The molecule has 2 aromatic carbocycles. The molecular weight excluding hydrogens is 322 g/mol. The van der Waals surface area contributed by atoms with Gasteiger partial charge < -0.3 is 14.5 Å². The lowest BCUT2D eigenvalue weighted by Gasteiger charge is -2.28. The predicted molar refractivity (Wildman–Crippen MR) is 95.0 cm³/mol. The molecule has 0 atom stereocenters. The summed E-state index contributed by atoms with van der Waals surface area (Å²) in [4.78, 5) is 18.2. The van der Waals surface area contributed by atoms with Crippen molar-refractivity contribution < 1.29 is 14.5 Å². The Kier molecular flexibility index (Phi) is 5.58. The summed E-state index contributed by atoms with van der Waals surface area (Å²) in [6.07, 6.45) is 1.49. The third kappa shape index (κ3) is 4.54. The van der Waals surface area contributed by atoms with Crippen molar-refractivity contribution >= 4 is 17.6 Å². The molecule has 3 rings (SSSR count). The van der Waals surface area contributed by atoms with Gasteiger partial charge in [0.2, 0.25) is 0 Å². The van der Waals surface area contributed by atoms with Crippen LogP contribution in [0, 0.1) is 10.1 Å². The zero-order chi connectivity index (χ0) is 17.5. The van der Waals surface area contributed by atoms with Gasteiger partial charge in [-0.3, -0.25) is 10.1 Å². The van der Waals surface area contributed by atoms with E-state index >= 15 is 0 Å². The summed E-state index contributed by atoms with van der Waals surface area (Å²) in [6.45, 7) is 2.80. The number of rotatable bonds is 6. The molecule has 130 valence electrons. The molecule has 1 fully saturated rings. The van der Waals surface area contributed by atoms with E-state index in [1.807, 2.05) is 35.2 Å². The van der Waals surface area contributed by atoms with Crippen molar-refractivity contribution in [1.29, 1.82) is 0 Å². The molecule has 0 bridgehead atoms. The minimum Gasteiger partial charge on any atom is -0.391 e. The smallest absolute Gasteiger partial charge is 0.293 e. The molecule has 0 N–H and O–H groups in total. The van der Waals surface area contributed by atoms with Gasteiger partial charge in [-0.05, 0) is 11.6 Å². The van der Waals surface area contributed by atoms with Crippen LogP contribution in [0.15, 0.2) is 53.7 Å². The third-order valence-corrected chi connectivity index (χ3v) is 3.90. The number of hydrogen-bond acceptors (Lipinski definition) is 6. The van der Waals surface area contributed by atoms with Gasteiger partial charge in [-0.1, -0.05) is 41.6 Å². The first-order chi connectivity index (χ1) is 12.2. The molecule has 7 nitrogen and oxygen atoms in total. The van der Waals surface area contributed by atoms with E-state index in [9.17, 15) is 10.1 Å². The van der Waals surface area contributed by atoms with Crippen LogP contribution in [0.3, 0.4) is 0 Å². The Hall–Kier alpha value is -2.93. The Labute approximate surface area is 145 Å². The Morgan fingerprint density at radius 2 is 1.96 bits per heavy atom. The summed E-state index contributed by atoms with van der Waals surface area (Å²) < 4.78 is 5.30. The largest absolute Gasteiger partial charge is 0.391 e. The van der Waals surface area contributed by atoms with E-state index in [-0.39, 0.29) is 10.6 Å². The van der Waals surface area contributed by atoms with Gasteiger partial charge in [-0.25, -0.2) is 0 Å². The number of benzene rings is 2. The van der Waals surface area contributed by atoms with Crippen LogP contribution < -0.4 is 4.90 Å². The second kappa shape index (κ2) is 8.25. The first-order valence-corrected chi connectivity index (χ1v) is 8.04. The second-order valence-corrected chi connectivity index (χ2v) is 5.60. The first kappa shape index (κ1) is 16.9. The van der Waals surface area contributed by atoms with Gasteiger partial charge in [-0.2, -0.15) is 0 Å². The fraction of sp³-hybridized carbons (Fsp3) is 0.278. The van der Waals surface area contributed by atoms with E-state index in [1.165, 1.54) is 12.3 Å². The zero-order valence-corrected chi connectivity index (χ0v) is 13.7. The Morgan fingerprint density at radius 1 is 1.20 bits per heavy atom. The molecule has 25 heavy (non-hydrogen) atoms. The number of anilines is 1. The molecule has 1 aliphatic heterocycles. The number of nitro groups is 1. The SMILES string of the molecule is O=[N+]([O-])c1cc(/C=N\OCc2ccccc2)ccc1N1CCOCC1. The van der Waals surface area contributed by atoms with Gasteiger partial charge in [0.15, 0.2) is 0 Å². The van der Waals surface area contributed by atoms with Gasteiger partial charge in [0.05, 0.1) is 24.4 Å². The summed E-state index contributed by atoms with van der Waals surface area (Å²) in [6, 6.07) is 14.7. The van der Waals surface area contributed by atoms with Crippen LogP contribution in [-0.4, -0.2) is 37.4 Å². The number of nitro benzene ring substituents is 1. The van der Waals surface area contributed by atoms with E-state index in [2.05, 4.69) is 5.16 Å². The molecule has 0 aliphatic carbocycles. The van der Waals surface area contributed by atoms with E-state index in [4.69, 9.17) is 9.57 Å². The molecule has 0 spiro atoms. The van der Waals surface area contributed by atoms with Crippen LogP contribution in [0.2, 0.25) is 0 Å². The quantitative estimate of drug-likeness (QED) is 0.458. The molecule has 1 saturated heterocycles. The molecule has 0 radical (unpaired) electrons. The molecule has 0 unspecified atom stereocenters. The van der Waals surface area contributed by atoms with Crippen molar-refractivity contribution in [3.63, 3.8) is 0 Å². The summed E-state index contributed by atoms with van der Waals surface area (Å²) in [5.74, 6) is 0. The fourth-order valence-electron chi connectivity index (χ4n) is 2.62. The summed E-state index contributed by atoms with van der Waals surface area (Å²) >= 11 is 0. The highest BCUT2D eigenvalue weighted by Gasteiger charge is 2.21. The molecule has 1 heterocycles. The molecule has 7 heteroatoms. The van der Waals surface area contributed by atoms with Crippen molar-refractivity contribution in [2.75, 3.05) is 31.2 Å². The van der Waals surface area contributed by atoms with Crippen LogP contribution in [-0.2, 0) is 16.2 Å². The number of morpholine rings is 1. The minimum absolute atomic E-state index is 0.0638. The van der Waals surface area contributed by atoms with E-state index in [0.717, 1.165) is 5.56 Å². The molecule has 0 amide bonds. The maximum absolute atomic E-state index is 11.4. The van der Waals surface area contributed by atoms with Crippen LogP contribution in [0.25, 0.3) is 0 Å². The van der Waals surface area contributed by atoms with Crippen molar-refractivity contribution in [3.8, 4) is 0 Å². The third-order valence-electron chi connectivity index (χ3n) is 3.90. The van der Waals surface area contributed by atoms with Crippen molar-refractivity contribution in [1.82, 2.24) is 0 Å². The Morgan fingerprint density at radius 3 is 2.68 bits per heavy atom. The van der Waals surface area contributed by atoms with Crippen molar-refractivity contribution in [2.45, 2.75) is 6.61 Å². The van der Waals surface area contributed by atoms with Gasteiger partial charge in [0.25, 0.3) is 5.69 Å². The van der Waals surface area contributed by atoms with Crippen LogP contribution >= 0.6 is 0 Å². The van der Waals surface area contributed by atoms with Crippen molar-refractivity contribution in [2.24, 2.45) is 5.16 Å². The normalized spacial score (nSPS) is 14.6. The fourth-order valence-corrected chi connectivity index (χ4v) is 2.62. The molecule has 2 aromatic rings. The Bertz CT molecular complexity index is 743. The first-order valence-electron chi connectivity index (χ1n) is 8.04. The summed E-state index contributed by atoms with van der Waals surface area (Å²) in [7, 11) is 0. The molecule has 1 aliphatic rings. The van der Waals surface area contributed by atoms with E-state index in [0.29, 0.717) is 44.2 Å². The maximum atomic E-state index is 11.4. The Balaban J connectivity index is 1.68. The number of hydrogen-bond donors (Lipinski definition) is 0. The standard InChI is InChI=1S/C18H19N3O4/c22-21(23)18-12-16(6-7-17(18)20-8-10-24-11-9-20)13-19-25-14-15-4-2-1-3-5-15/h1-7,12-13H,8-11,14H2/b19-13-. The second-order valence-electron chi connectivity index (χ2n) is 5.60. The average molecular weight is 341 g/mol. The molecule has 0 aromatic heterocycles. The number of ether oxygens (including phenoxy) is 1. The lowest BCUT2D eigenvalue weighted by molar-refractivity contribution is -0.384. The van der Waals surface area contributed by atoms with Gasteiger partial charge >= 0.3 is 0 Å². The zero-order valence-electron chi connectivity index (χ0n) is 13.7. The van der Waals surface area contributed by atoms with Crippen LogP contribution in [0.5, 0.6) is 0 Å². The van der Waals surface area contributed by atoms with Gasteiger partial charge in [0, 0.05) is 24.7 Å². The summed E-state index contributed by atoms with van der Waals surface area (Å²) in [5, 5.41) is 15.3. The van der Waals surface area contributed by atoms with Crippen LogP contribution in [0.4, 0.5) is 11.4 Å².